The fourth-order valence-electron chi connectivity index (χ4n) is 2.87. The summed E-state index contributed by atoms with van der Waals surface area (Å²) in [5.41, 5.74) is -0.520. The lowest BCUT2D eigenvalue weighted by Crippen LogP contribution is -2.46. The Kier molecular flexibility index (Phi) is 6.15. The molecule has 0 radical (unpaired) electrons. The SMILES string of the molecule is C#CC(CC)(CC)NC(=O)c1ccc(Cl)c(S(=O)(=O)N2CCCC2)c1. The molecule has 1 heterocycles. The lowest BCUT2D eigenvalue weighted by Gasteiger charge is -2.27. The van der Waals surface area contributed by atoms with Gasteiger partial charge in [-0.1, -0.05) is 31.4 Å². The molecule has 0 bridgehead atoms. The Morgan fingerprint density at radius 3 is 2.44 bits per heavy atom. The van der Waals surface area contributed by atoms with Crippen molar-refractivity contribution in [2.45, 2.75) is 50.0 Å². The predicted molar refractivity (Wildman–Crippen MR) is 99.1 cm³/mol. The minimum absolute atomic E-state index is 0.0389. The quantitative estimate of drug-likeness (QED) is 0.769. The van der Waals surface area contributed by atoms with Crippen LogP contribution < -0.4 is 5.32 Å². The second-order valence-corrected chi connectivity index (χ2v) is 8.46. The molecule has 0 saturated carbocycles. The van der Waals surface area contributed by atoms with E-state index in [4.69, 9.17) is 18.0 Å². The zero-order valence-corrected chi connectivity index (χ0v) is 16.1. The average molecular weight is 383 g/mol. The Morgan fingerprint density at radius 1 is 1.32 bits per heavy atom. The second-order valence-electron chi connectivity index (χ2n) is 6.14. The van der Waals surface area contributed by atoms with Crippen molar-refractivity contribution in [1.29, 1.82) is 0 Å². The molecule has 0 atom stereocenters. The molecular weight excluding hydrogens is 360 g/mol. The maximum Gasteiger partial charge on any atom is 0.252 e. The molecule has 5 nitrogen and oxygen atoms in total. The van der Waals surface area contributed by atoms with Crippen LogP contribution in [-0.4, -0.2) is 37.3 Å². The van der Waals surface area contributed by atoms with Gasteiger partial charge in [0.15, 0.2) is 0 Å². The van der Waals surface area contributed by atoms with E-state index in [1.807, 2.05) is 13.8 Å². The lowest BCUT2D eigenvalue weighted by molar-refractivity contribution is 0.0916. The van der Waals surface area contributed by atoms with Gasteiger partial charge in [-0.15, -0.1) is 6.42 Å². The average Bonchev–Trinajstić information content (AvgIpc) is 3.15. The third kappa shape index (κ3) is 4.00. The highest BCUT2D eigenvalue weighted by atomic mass is 35.5. The van der Waals surface area contributed by atoms with Crippen LogP contribution in [0.1, 0.15) is 49.9 Å². The minimum atomic E-state index is -3.70. The van der Waals surface area contributed by atoms with Gasteiger partial charge in [0.25, 0.3) is 5.91 Å². The molecule has 1 fully saturated rings. The van der Waals surface area contributed by atoms with Crippen LogP contribution >= 0.6 is 11.6 Å². The number of nitrogens with one attached hydrogen (secondary N) is 1. The van der Waals surface area contributed by atoms with E-state index in [0.29, 0.717) is 25.9 Å². The summed E-state index contributed by atoms with van der Waals surface area (Å²) in [5, 5.41) is 2.95. The zero-order valence-electron chi connectivity index (χ0n) is 14.5. The van der Waals surface area contributed by atoms with E-state index in [9.17, 15) is 13.2 Å². The molecule has 1 aromatic rings. The molecule has 7 heteroatoms. The number of halogens is 1. The van der Waals surface area contributed by atoms with Crippen LogP contribution in [0.3, 0.4) is 0 Å². The summed E-state index contributed by atoms with van der Waals surface area (Å²) in [5.74, 6) is 2.23. The molecular formula is C18H23ClN2O3S. The van der Waals surface area contributed by atoms with Gasteiger partial charge in [-0.3, -0.25) is 4.79 Å². The van der Waals surface area contributed by atoms with Crippen molar-refractivity contribution in [3.63, 3.8) is 0 Å². The normalized spacial score (nSPS) is 15.8. The van der Waals surface area contributed by atoms with E-state index in [1.165, 1.54) is 22.5 Å². The Hall–Kier alpha value is -1.55. The minimum Gasteiger partial charge on any atom is -0.336 e. The van der Waals surface area contributed by atoms with Crippen LogP contribution in [0.15, 0.2) is 23.1 Å². The summed E-state index contributed by atoms with van der Waals surface area (Å²) in [6.45, 7) is 4.74. The van der Waals surface area contributed by atoms with Gasteiger partial charge < -0.3 is 5.32 Å². The van der Waals surface area contributed by atoms with Gasteiger partial charge in [0.05, 0.1) is 5.02 Å². The number of sulfonamides is 1. The standard InChI is InChI=1S/C18H23ClN2O3S/c1-4-18(5-2,6-3)20-17(22)14-9-10-15(19)16(13-14)25(23,24)21-11-7-8-12-21/h1,9-10,13H,5-8,11-12H2,2-3H3,(H,20,22). The maximum atomic E-state index is 12.8. The number of carbonyl (C=O) groups is 1. The summed E-state index contributed by atoms with van der Waals surface area (Å²) >= 11 is 6.11. The van der Waals surface area contributed by atoms with Crippen LogP contribution in [0.2, 0.25) is 5.02 Å². The zero-order chi connectivity index (χ0) is 18.7. The summed E-state index contributed by atoms with van der Waals surface area (Å²) in [6.07, 6.45) is 8.39. The molecule has 1 aliphatic heterocycles. The number of hydrogen-bond acceptors (Lipinski definition) is 3. The van der Waals surface area contributed by atoms with Crippen molar-refractivity contribution in [3.8, 4) is 12.3 Å². The molecule has 2 rings (SSSR count). The summed E-state index contributed by atoms with van der Waals surface area (Å²) in [4.78, 5) is 12.6. The Balaban J connectivity index is 2.36. The highest BCUT2D eigenvalue weighted by Crippen LogP contribution is 2.28. The number of carbonyl (C=O) groups excluding carboxylic acids is 1. The van der Waals surface area contributed by atoms with E-state index < -0.39 is 21.5 Å². The van der Waals surface area contributed by atoms with Gasteiger partial charge in [-0.2, -0.15) is 4.31 Å². The molecule has 1 N–H and O–H groups in total. The molecule has 0 unspecified atom stereocenters. The number of amides is 1. The van der Waals surface area contributed by atoms with Crippen molar-refractivity contribution < 1.29 is 13.2 Å². The fourth-order valence-corrected chi connectivity index (χ4v) is 4.88. The van der Waals surface area contributed by atoms with Gasteiger partial charge >= 0.3 is 0 Å². The predicted octanol–water partition coefficient (Wildman–Crippen LogP) is 3.05. The monoisotopic (exact) mass is 382 g/mol. The van der Waals surface area contributed by atoms with Gasteiger partial charge in [0.1, 0.15) is 10.4 Å². The number of nitrogens with zero attached hydrogens (tertiary/aromatic N) is 1. The van der Waals surface area contributed by atoms with Crippen LogP contribution in [0.5, 0.6) is 0 Å². The van der Waals surface area contributed by atoms with Crippen molar-refractivity contribution in [3.05, 3.63) is 28.8 Å². The number of rotatable bonds is 6. The summed E-state index contributed by atoms with van der Waals surface area (Å²) < 4.78 is 26.9. The molecule has 1 aliphatic rings. The number of terminal acetylenes is 1. The van der Waals surface area contributed by atoms with Crippen molar-refractivity contribution in [2.24, 2.45) is 0 Å². The van der Waals surface area contributed by atoms with Crippen molar-refractivity contribution in [1.82, 2.24) is 9.62 Å². The van der Waals surface area contributed by atoms with Crippen LogP contribution in [0.25, 0.3) is 0 Å². The van der Waals surface area contributed by atoms with E-state index in [2.05, 4.69) is 11.2 Å². The molecule has 0 aromatic heterocycles. The Labute approximate surface area is 154 Å². The molecule has 0 spiro atoms. The first-order chi connectivity index (χ1) is 11.8. The van der Waals surface area contributed by atoms with Gasteiger partial charge in [-0.25, -0.2) is 8.42 Å². The van der Waals surface area contributed by atoms with E-state index in [-0.39, 0.29) is 15.5 Å². The van der Waals surface area contributed by atoms with E-state index in [1.54, 1.807) is 0 Å². The van der Waals surface area contributed by atoms with E-state index >= 15 is 0 Å². The highest BCUT2D eigenvalue weighted by Gasteiger charge is 2.31. The second kappa shape index (κ2) is 7.77. The molecule has 1 saturated heterocycles. The van der Waals surface area contributed by atoms with Crippen LogP contribution in [-0.2, 0) is 10.0 Å². The Morgan fingerprint density at radius 2 is 1.92 bits per heavy atom. The molecule has 136 valence electrons. The third-order valence-corrected chi connectivity index (χ3v) is 7.09. The first kappa shape index (κ1) is 19.8. The smallest absolute Gasteiger partial charge is 0.252 e. The third-order valence-electron chi connectivity index (χ3n) is 4.71. The highest BCUT2D eigenvalue weighted by molar-refractivity contribution is 7.89. The largest absolute Gasteiger partial charge is 0.336 e. The van der Waals surface area contributed by atoms with Crippen LogP contribution in [0.4, 0.5) is 0 Å². The first-order valence-electron chi connectivity index (χ1n) is 8.39. The molecule has 1 amide bonds. The van der Waals surface area contributed by atoms with Gasteiger partial charge in [-0.05, 0) is 43.9 Å². The number of hydrogen-bond donors (Lipinski definition) is 1. The summed E-state index contributed by atoms with van der Waals surface area (Å²) in [6, 6.07) is 4.28. The van der Waals surface area contributed by atoms with Crippen molar-refractivity contribution in [2.75, 3.05) is 13.1 Å². The topological polar surface area (TPSA) is 66.5 Å². The fraction of sp³-hybridized carbons (Fsp3) is 0.500. The molecule has 1 aromatic carbocycles. The number of benzene rings is 1. The van der Waals surface area contributed by atoms with Gasteiger partial charge in [0, 0.05) is 18.7 Å². The molecule has 25 heavy (non-hydrogen) atoms. The van der Waals surface area contributed by atoms with Gasteiger partial charge in [0.2, 0.25) is 10.0 Å². The maximum absolute atomic E-state index is 12.8. The van der Waals surface area contributed by atoms with Crippen molar-refractivity contribution >= 4 is 27.5 Å². The Bertz CT molecular complexity index is 789. The first-order valence-corrected chi connectivity index (χ1v) is 10.2. The van der Waals surface area contributed by atoms with E-state index in [0.717, 1.165) is 12.8 Å². The van der Waals surface area contributed by atoms with Crippen LogP contribution in [0, 0.1) is 12.3 Å². The lowest BCUT2D eigenvalue weighted by atomic mass is 9.93. The summed E-state index contributed by atoms with van der Waals surface area (Å²) in [7, 11) is -3.70. The molecule has 0 aliphatic carbocycles.